The summed E-state index contributed by atoms with van der Waals surface area (Å²) in [6.07, 6.45) is 6.19. The summed E-state index contributed by atoms with van der Waals surface area (Å²) in [6, 6.07) is 14.6. The van der Waals surface area contributed by atoms with Crippen LogP contribution in [0.1, 0.15) is 32.1 Å². The van der Waals surface area contributed by atoms with Crippen LogP contribution in [0.3, 0.4) is 0 Å². The Balaban J connectivity index is 1.58. The lowest BCUT2D eigenvalue weighted by Crippen LogP contribution is -2.31. The van der Waals surface area contributed by atoms with Gasteiger partial charge in [0.2, 0.25) is 5.91 Å². The minimum Gasteiger partial charge on any atom is -0.497 e. The van der Waals surface area contributed by atoms with Crippen LogP contribution in [0.15, 0.2) is 58.5 Å². The number of amides is 1. The maximum atomic E-state index is 13.3. The van der Waals surface area contributed by atoms with E-state index < -0.39 is 0 Å². The van der Waals surface area contributed by atoms with Crippen LogP contribution >= 0.6 is 11.8 Å². The molecule has 0 unspecified atom stereocenters. The molecule has 1 aliphatic carbocycles. The largest absolute Gasteiger partial charge is 0.497 e. The molecule has 1 N–H and O–H groups in total. The molecule has 162 valence electrons. The maximum Gasteiger partial charge on any atom is 0.266 e. The summed E-state index contributed by atoms with van der Waals surface area (Å²) >= 11 is 1.28. The smallest absolute Gasteiger partial charge is 0.266 e. The molecule has 7 heteroatoms. The third-order valence-electron chi connectivity index (χ3n) is 5.70. The van der Waals surface area contributed by atoms with Crippen molar-refractivity contribution in [2.75, 3.05) is 19.4 Å². The molecule has 1 amide bonds. The number of hydrogen-bond acceptors (Lipinski definition) is 5. The number of aromatic nitrogens is 2. The monoisotopic (exact) mass is 437 g/mol. The summed E-state index contributed by atoms with van der Waals surface area (Å²) in [5.41, 5.74) is 1.12. The van der Waals surface area contributed by atoms with Crippen LogP contribution in [-0.2, 0) is 4.79 Å². The number of ether oxygens (including phenoxy) is 1. The second kappa shape index (κ2) is 10.0. The zero-order valence-electron chi connectivity index (χ0n) is 17.7. The van der Waals surface area contributed by atoms with Gasteiger partial charge in [0.25, 0.3) is 5.56 Å². The number of fused-ring (bicyclic) bond motifs is 1. The molecule has 0 radical (unpaired) electrons. The number of nitrogens with zero attached hydrogens (tertiary/aromatic N) is 2. The molecule has 1 heterocycles. The van der Waals surface area contributed by atoms with E-state index in [0.29, 0.717) is 33.4 Å². The molecule has 1 fully saturated rings. The van der Waals surface area contributed by atoms with Gasteiger partial charge in [-0.1, -0.05) is 49.2 Å². The van der Waals surface area contributed by atoms with Crippen LogP contribution in [0.2, 0.25) is 0 Å². The van der Waals surface area contributed by atoms with Crippen molar-refractivity contribution in [1.29, 1.82) is 0 Å². The van der Waals surface area contributed by atoms with Crippen LogP contribution in [0.4, 0.5) is 0 Å². The average molecular weight is 438 g/mol. The van der Waals surface area contributed by atoms with E-state index in [1.807, 2.05) is 36.4 Å². The predicted molar refractivity (Wildman–Crippen MR) is 124 cm³/mol. The Labute approximate surface area is 186 Å². The number of carbonyl (C=O) groups excluding carboxylic acids is 1. The Hall–Kier alpha value is -2.80. The van der Waals surface area contributed by atoms with Gasteiger partial charge in [0.05, 0.1) is 29.5 Å². The number of thioether (sulfide) groups is 1. The normalized spacial score (nSPS) is 14.5. The lowest BCUT2D eigenvalue weighted by Gasteiger charge is -2.21. The van der Waals surface area contributed by atoms with Gasteiger partial charge < -0.3 is 10.1 Å². The van der Waals surface area contributed by atoms with Crippen LogP contribution in [0.5, 0.6) is 5.75 Å². The fraction of sp³-hybridized carbons (Fsp3) is 0.375. The number of para-hydroxylation sites is 1. The molecule has 6 nitrogen and oxygen atoms in total. The first-order valence-corrected chi connectivity index (χ1v) is 11.7. The molecule has 4 rings (SSSR count). The number of carbonyl (C=O) groups is 1. The molecule has 3 aromatic rings. The molecule has 1 saturated carbocycles. The Morgan fingerprint density at radius 2 is 1.97 bits per heavy atom. The zero-order valence-corrected chi connectivity index (χ0v) is 18.5. The number of rotatable bonds is 7. The first-order chi connectivity index (χ1) is 15.2. The van der Waals surface area contributed by atoms with Crippen LogP contribution < -0.4 is 15.6 Å². The van der Waals surface area contributed by atoms with E-state index in [4.69, 9.17) is 9.72 Å². The summed E-state index contributed by atoms with van der Waals surface area (Å²) in [5.74, 6) is 1.41. The van der Waals surface area contributed by atoms with Crippen molar-refractivity contribution in [2.24, 2.45) is 5.92 Å². The molecule has 31 heavy (non-hydrogen) atoms. The first-order valence-electron chi connectivity index (χ1n) is 10.7. The molecule has 0 spiro atoms. The van der Waals surface area contributed by atoms with E-state index in [-0.39, 0.29) is 17.2 Å². The lowest BCUT2D eigenvalue weighted by atomic mass is 9.89. The Kier molecular flexibility index (Phi) is 6.92. The van der Waals surface area contributed by atoms with Crippen molar-refractivity contribution in [2.45, 2.75) is 37.3 Å². The maximum absolute atomic E-state index is 13.3. The first kappa shape index (κ1) is 21.4. The topological polar surface area (TPSA) is 73.2 Å². The standard InChI is InChI=1S/C24H27N3O3S/c1-30-19-11-7-10-18(14-19)27-23(29)20-12-5-6-13-21(20)26-24(27)31-16-22(28)25-15-17-8-3-2-4-9-17/h5-7,10-14,17H,2-4,8-9,15-16H2,1H3,(H,25,28). The summed E-state index contributed by atoms with van der Waals surface area (Å²) in [6.45, 7) is 0.729. The van der Waals surface area contributed by atoms with Gasteiger partial charge in [-0.15, -0.1) is 0 Å². The van der Waals surface area contributed by atoms with Crippen molar-refractivity contribution in [1.82, 2.24) is 14.9 Å². The molecule has 1 aromatic heterocycles. The molecular formula is C24H27N3O3S. The molecule has 0 saturated heterocycles. The number of methoxy groups -OCH3 is 1. The minimum atomic E-state index is -0.163. The molecule has 0 atom stereocenters. The van der Waals surface area contributed by atoms with Gasteiger partial charge in [0.1, 0.15) is 5.75 Å². The summed E-state index contributed by atoms with van der Waals surface area (Å²) in [5, 5.41) is 4.09. The van der Waals surface area contributed by atoms with Crippen molar-refractivity contribution in [3.8, 4) is 11.4 Å². The van der Waals surface area contributed by atoms with E-state index >= 15 is 0 Å². The highest BCUT2D eigenvalue weighted by Crippen LogP contribution is 2.24. The van der Waals surface area contributed by atoms with E-state index in [9.17, 15) is 9.59 Å². The summed E-state index contributed by atoms with van der Waals surface area (Å²) in [7, 11) is 1.59. The summed E-state index contributed by atoms with van der Waals surface area (Å²) in [4.78, 5) is 30.5. The molecule has 2 aromatic carbocycles. The molecular weight excluding hydrogens is 410 g/mol. The van der Waals surface area contributed by atoms with Gasteiger partial charge in [-0.3, -0.25) is 14.2 Å². The second-order valence-corrected chi connectivity index (χ2v) is 8.79. The Morgan fingerprint density at radius 1 is 1.16 bits per heavy atom. The second-order valence-electron chi connectivity index (χ2n) is 7.85. The van der Waals surface area contributed by atoms with E-state index in [1.54, 1.807) is 23.8 Å². The highest BCUT2D eigenvalue weighted by atomic mass is 32.2. The fourth-order valence-corrected chi connectivity index (χ4v) is 4.86. The Bertz CT molecular complexity index is 1120. The van der Waals surface area contributed by atoms with E-state index in [2.05, 4.69) is 5.32 Å². The highest BCUT2D eigenvalue weighted by Gasteiger charge is 2.17. The highest BCUT2D eigenvalue weighted by molar-refractivity contribution is 7.99. The predicted octanol–water partition coefficient (Wildman–Crippen LogP) is 4.18. The zero-order chi connectivity index (χ0) is 21.6. The van der Waals surface area contributed by atoms with Gasteiger partial charge in [-0.2, -0.15) is 0 Å². The van der Waals surface area contributed by atoms with E-state index in [1.165, 1.54) is 43.9 Å². The quantitative estimate of drug-likeness (QED) is 0.443. The molecule has 0 bridgehead atoms. The van der Waals surface area contributed by atoms with Crippen molar-refractivity contribution in [3.05, 3.63) is 58.9 Å². The van der Waals surface area contributed by atoms with Crippen molar-refractivity contribution >= 4 is 28.6 Å². The van der Waals surface area contributed by atoms with Gasteiger partial charge in [-0.25, -0.2) is 4.98 Å². The summed E-state index contributed by atoms with van der Waals surface area (Å²) < 4.78 is 6.88. The molecule has 0 aliphatic heterocycles. The van der Waals surface area contributed by atoms with Crippen LogP contribution in [0, 0.1) is 5.92 Å². The fourth-order valence-electron chi connectivity index (χ4n) is 4.02. The van der Waals surface area contributed by atoms with Gasteiger partial charge in [0.15, 0.2) is 5.16 Å². The van der Waals surface area contributed by atoms with E-state index in [0.717, 1.165) is 6.54 Å². The third-order valence-corrected chi connectivity index (χ3v) is 6.64. The van der Waals surface area contributed by atoms with Gasteiger partial charge in [0, 0.05) is 12.6 Å². The minimum absolute atomic E-state index is 0.0322. The lowest BCUT2D eigenvalue weighted by molar-refractivity contribution is -0.118. The average Bonchev–Trinajstić information content (AvgIpc) is 2.82. The van der Waals surface area contributed by atoms with Gasteiger partial charge in [-0.05, 0) is 43.0 Å². The van der Waals surface area contributed by atoms with Crippen LogP contribution in [-0.4, -0.2) is 34.9 Å². The number of nitrogens with one attached hydrogen (secondary N) is 1. The third kappa shape index (κ3) is 5.10. The van der Waals surface area contributed by atoms with Crippen LogP contribution in [0.25, 0.3) is 16.6 Å². The SMILES string of the molecule is COc1cccc(-n2c(SCC(=O)NCC3CCCCC3)nc3ccccc3c2=O)c1. The van der Waals surface area contributed by atoms with Gasteiger partial charge >= 0.3 is 0 Å². The number of hydrogen-bond donors (Lipinski definition) is 1. The Morgan fingerprint density at radius 3 is 2.77 bits per heavy atom. The van der Waals surface area contributed by atoms with Crippen molar-refractivity contribution < 1.29 is 9.53 Å². The van der Waals surface area contributed by atoms with Crippen molar-refractivity contribution in [3.63, 3.8) is 0 Å². The number of benzene rings is 2. The molecule has 1 aliphatic rings.